The number of aryl methyl sites for hydroxylation is 1. The van der Waals surface area contributed by atoms with E-state index in [2.05, 4.69) is 31.1 Å². The average Bonchev–Trinajstić information content (AvgIpc) is 2.41. The lowest BCUT2D eigenvalue weighted by Crippen LogP contribution is -2.16. The van der Waals surface area contributed by atoms with Gasteiger partial charge in [0.1, 0.15) is 12.4 Å². The van der Waals surface area contributed by atoms with Gasteiger partial charge in [0.2, 0.25) is 0 Å². The van der Waals surface area contributed by atoms with Crippen LogP contribution in [0.3, 0.4) is 0 Å². The first-order valence-corrected chi connectivity index (χ1v) is 7.51. The lowest BCUT2D eigenvalue weighted by molar-refractivity contribution is 0.0921. The number of nitrogens with zero attached hydrogens (tertiary/aromatic N) is 1. The van der Waals surface area contributed by atoms with Gasteiger partial charge in [-0.2, -0.15) is 0 Å². The maximum Gasteiger partial charge on any atom is 0.142 e. The normalized spacial score (nSPS) is 11.1. The summed E-state index contributed by atoms with van der Waals surface area (Å²) in [6.07, 6.45) is 1.09. The molecule has 1 heterocycles. The van der Waals surface area contributed by atoms with Crippen molar-refractivity contribution in [2.45, 2.75) is 40.7 Å². The average molecular weight is 280 g/mol. The first kappa shape index (κ1) is 16.9. The molecular formula is C16H28N2O2. The van der Waals surface area contributed by atoms with Gasteiger partial charge in [0.05, 0.1) is 12.3 Å². The van der Waals surface area contributed by atoms with Crippen molar-refractivity contribution >= 4 is 0 Å². The van der Waals surface area contributed by atoms with E-state index in [-0.39, 0.29) is 0 Å². The van der Waals surface area contributed by atoms with Gasteiger partial charge in [-0.25, -0.2) is 0 Å². The Labute approximate surface area is 122 Å². The van der Waals surface area contributed by atoms with Crippen LogP contribution in [0.4, 0.5) is 0 Å². The molecule has 0 aromatic carbocycles. The Bertz CT molecular complexity index is 381. The number of hydrogen-bond acceptors (Lipinski definition) is 4. The molecule has 114 valence electrons. The lowest BCUT2D eigenvalue weighted by Gasteiger charge is -2.12. The molecule has 1 N–H and O–H groups in total. The molecule has 0 atom stereocenters. The summed E-state index contributed by atoms with van der Waals surface area (Å²) in [5.41, 5.74) is 1.98. The molecule has 4 nitrogen and oxygen atoms in total. The zero-order chi connectivity index (χ0) is 14.8. The largest absolute Gasteiger partial charge is 0.489 e. The van der Waals surface area contributed by atoms with E-state index in [1.54, 1.807) is 0 Å². The summed E-state index contributed by atoms with van der Waals surface area (Å²) < 4.78 is 11.3. The van der Waals surface area contributed by atoms with E-state index in [0.29, 0.717) is 19.1 Å². The summed E-state index contributed by atoms with van der Waals surface area (Å²) in [7, 11) is 0. The maximum atomic E-state index is 5.77. The van der Waals surface area contributed by atoms with Gasteiger partial charge in [0, 0.05) is 18.8 Å². The van der Waals surface area contributed by atoms with Crippen LogP contribution in [0.1, 0.15) is 38.6 Å². The topological polar surface area (TPSA) is 43.4 Å². The van der Waals surface area contributed by atoms with Gasteiger partial charge >= 0.3 is 0 Å². The molecule has 0 amide bonds. The highest BCUT2D eigenvalue weighted by Gasteiger charge is 2.05. The zero-order valence-electron chi connectivity index (χ0n) is 13.2. The van der Waals surface area contributed by atoms with Crippen molar-refractivity contribution in [1.29, 1.82) is 0 Å². The third-order valence-electron chi connectivity index (χ3n) is 2.94. The van der Waals surface area contributed by atoms with E-state index in [9.17, 15) is 0 Å². The second-order valence-corrected chi connectivity index (χ2v) is 5.32. The summed E-state index contributed by atoms with van der Waals surface area (Å²) in [6.45, 7) is 12.1. The molecule has 1 aromatic heterocycles. The molecule has 1 aromatic rings. The Morgan fingerprint density at radius 3 is 2.70 bits per heavy atom. The van der Waals surface area contributed by atoms with Crippen LogP contribution in [-0.2, 0) is 11.3 Å². The molecule has 0 aliphatic rings. The third-order valence-corrected chi connectivity index (χ3v) is 2.94. The lowest BCUT2D eigenvalue weighted by atomic mass is 10.1. The molecule has 0 fully saturated rings. The minimum atomic E-state index is 0.571. The fourth-order valence-corrected chi connectivity index (χ4v) is 1.73. The van der Waals surface area contributed by atoms with Gasteiger partial charge in [-0.1, -0.05) is 20.8 Å². The molecule has 0 saturated heterocycles. The van der Waals surface area contributed by atoms with E-state index in [4.69, 9.17) is 9.47 Å². The van der Waals surface area contributed by atoms with E-state index in [1.165, 1.54) is 0 Å². The Morgan fingerprint density at radius 2 is 2.00 bits per heavy atom. The van der Waals surface area contributed by atoms with Crippen LogP contribution in [0.15, 0.2) is 12.1 Å². The van der Waals surface area contributed by atoms with Crippen molar-refractivity contribution in [1.82, 2.24) is 10.3 Å². The summed E-state index contributed by atoms with van der Waals surface area (Å²) in [5.74, 6) is 1.54. The Balaban J connectivity index is 2.35. The second-order valence-electron chi connectivity index (χ2n) is 5.32. The molecule has 0 spiro atoms. The number of nitrogens with one attached hydrogen (secondary N) is 1. The first-order valence-electron chi connectivity index (χ1n) is 7.51. The van der Waals surface area contributed by atoms with Crippen LogP contribution < -0.4 is 10.1 Å². The van der Waals surface area contributed by atoms with Gasteiger partial charge in [0.15, 0.2) is 0 Å². The minimum absolute atomic E-state index is 0.571. The molecule has 0 aliphatic carbocycles. The SMILES string of the molecule is CCNCc1nc(C)ccc1OCCOCCC(C)C. The first-order chi connectivity index (χ1) is 9.63. The Kier molecular flexibility index (Phi) is 8.23. The number of pyridine rings is 1. The monoisotopic (exact) mass is 280 g/mol. The number of hydrogen-bond donors (Lipinski definition) is 1. The van der Waals surface area contributed by atoms with Crippen LogP contribution in [0.25, 0.3) is 0 Å². The zero-order valence-corrected chi connectivity index (χ0v) is 13.2. The van der Waals surface area contributed by atoms with E-state index >= 15 is 0 Å². The predicted octanol–water partition coefficient (Wildman–Crippen LogP) is 2.94. The number of ether oxygens (including phenoxy) is 2. The summed E-state index contributed by atoms with van der Waals surface area (Å²) in [6, 6.07) is 3.97. The van der Waals surface area contributed by atoms with Crippen LogP contribution in [0.5, 0.6) is 5.75 Å². The van der Waals surface area contributed by atoms with Crippen molar-refractivity contribution in [3.63, 3.8) is 0 Å². The Hall–Kier alpha value is -1.13. The molecule has 0 saturated carbocycles. The quantitative estimate of drug-likeness (QED) is 0.669. The van der Waals surface area contributed by atoms with Crippen LogP contribution in [0, 0.1) is 12.8 Å². The molecule has 4 heteroatoms. The molecule has 1 rings (SSSR count). The molecule has 0 unspecified atom stereocenters. The smallest absolute Gasteiger partial charge is 0.142 e. The van der Waals surface area contributed by atoms with Crippen LogP contribution in [0.2, 0.25) is 0 Å². The molecule has 20 heavy (non-hydrogen) atoms. The van der Waals surface area contributed by atoms with Crippen molar-refractivity contribution in [2.24, 2.45) is 5.92 Å². The standard InChI is InChI=1S/C16H28N2O2/c1-5-17-12-15-16(7-6-14(4)18-15)20-11-10-19-9-8-13(2)3/h6-7,13,17H,5,8-12H2,1-4H3. The second kappa shape index (κ2) is 9.72. The molecule has 0 bridgehead atoms. The minimum Gasteiger partial charge on any atom is -0.489 e. The van der Waals surface area contributed by atoms with Crippen LogP contribution in [-0.4, -0.2) is 31.3 Å². The van der Waals surface area contributed by atoms with Gasteiger partial charge in [-0.15, -0.1) is 0 Å². The van der Waals surface area contributed by atoms with Crippen molar-refractivity contribution in [3.05, 3.63) is 23.5 Å². The van der Waals surface area contributed by atoms with Crippen molar-refractivity contribution in [2.75, 3.05) is 26.4 Å². The highest BCUT2D eigenvalue weighted by atomic mass is 16.5. The van der Waals surface area contributed by atoms with Gasteiger partial charge in [-0.3, -0.25) is 4.98 Å². The number of rotatable bonds is 10. The molecular weight excluding hydrogens is 252 g/mol. The third kappa shape index (κ3) is 6.87. The maximum absolute atomic E-state index is 5.77. The number of aromatic nitrogens is 1. The van der Waals surface area contributed by atoms with E-state index in [1.807, 2.05) is 19.1 Å². The fourth-order valence-electron chi connectivity index (χ4n) is 1.73. The van der Waals surface area contributed by atoms with Crippen molar-refractivity contribution in [3.8, 4) is 5.75 Å². The Morgan fingerprint density at radius 1 is 1.20 bits per heavy atom. The fraction of sp³-hybridized carbons (Fsp3) is 0.688. The summed E-state index contributed by atoms with van der Waals surface area (Å²) in [5, 5.41) is 3.28. The summed E-state index contributed by atoms with van der Waals surface area (Å²) in [4.78, 5) is 4.52. The van der Waals surface area contributed by atoms with Gasteiger partial charge in [0.25, 0.3) is 0 Å². The van der Waals surface area contributed by atoms with E-state index in [0.717, 1.165) is 43.3 Å². The highest BCUT2D eigenvalue weighted by Crippen LogP contribution is 2.16. The van der Waals surface area contributed by atoms with E-state index < -0.39 is 0 Å². The highest BCUT2D eigenvalue weighted by molar-refractivity contribution is 5.29. The summed E-state index contributed by atoms with van der Waals surface area (Å²) >= 11 is 0. The molecule has 0 radical (unpaired) electrons. The predicted molar refractivity (Wildman–Crippen MR) is 82.1 cm³/mol. The molecule has 0 aliphatic heterocycles. The van der Waals surface area contributed by atoms with Crippen LogP contribution >= 0.6 is 0 Å². The van der Waals surface area contributed by atoms with Crippen molar-refractivity contribution < 1.29 is 9.47 Å². The van der Waals surface area contributed by atoms with Gasteiger partial charge in [-0.05, 0) is 37.9 Å². The van der Waals surface area contributed by atoms with Gasteiger partial charge < -0.3 is 14.8 Å².